The van der Waals surface area contributed by atoms with Crippen LogP contribution in [0.25, 0.3) is 0 Å². The average Bonchev–Trinajstić information content (AvgIpc) is 2.37. The van der Waals surface area contributed by atoms with Gasteiger partial charge in [-0.15, -0.1) is 0 Å². The Bertz CT molecular complexity index is 457. The zero-order valence-corrected chi connectivity index (χ0v) is 13.0. The van der Waals surface area contributed by atoms with E-state index in [9.17, 15) is 4.39 Å². The smallest absolute Gasteiger partial charge is 0.123 e. The minimum atomic E-state index is -0.214. The molecular weight excluding hydrogens is 253 g/mol. The lowest BCUT2D eigenvalue weighted by Crippen LogP contribution is -2.53. The minimum Gasteiger partial charge on any atom is -0.369 e. The summed E-state index contributed by atoms with van der Waals surface area (Å²) >= 11 is 0. The van der Waals surface area contributed by atoms with Crippen molar-refractivity contribution in [3.05, 3.63) is 29.6 Å². The zero-order valence-electron chi connectivity index (χ0n) is 13.0. The molecule has 1 aromatic rings. The predicted molar refractivity (Wildman–Crippen MR) is 82.5 cm³/mol. The first-order valence-corrected chi connectivity index (χ1v) is 7.34. The summed E-state index contributed by atoms with van der Waals surface area (Å²) in [6.45, 7) is 12.6. The van der Waals surface area contributed by atoms with E-state index in [0.29, 0.717) is 0 Å². The van der Waals surface area contributed by atoms with Crippen molar-refractivity contribution in [1.82, 2.24) is 4.90 Å². The quantitative estimate of drug-likeness (QED) is 0.903. The molecule has 3 nitrogen and oxygen atoms in total. The van der Waals surface area contributed by atoms with Crippen LogP contribution in [0.1, 0.15) is 39.3 Å². The van der Waals surface area contributed by atoms with Crippen LogP contribution in [0.4, 0.5) is 10.1 Å². The maximum Gasteiger partial charge on any atom is 0.123 e. The Labute approximate surface area is 121 Å². The fourth-order valence-electron chi connectivity index (χ4n) is 2.80. The summed E-state index contributed by atoms with van der Waals surface area (Å²) in [7, 11) is 0. The summed E-state index contributed by atoms with van der Waals surface area (Å²) in [4.78, 5) is 4.80. The Morgan fingerprint density at radius 1 is 1.15 bits per heavy atom. The third-order valence-corrected chi connectivity index (χ3v) is 4.05. The molecule has 1 atom stereocenters. The third-order valence-electron chi connectivity index (χ3n) is 4.05. The van der Waals surface area contributed by atoms with Crippen molar-refractivity contribution < 1.29 is 4.39 Å². The van der Waals surface area contributed by atoms with E-state index in [2.05, 4.69) is 30.6 Å². The molecule has 1 heterocycles. The van der Waals surface area contributed by atoms with Crippen LogP contribution in [0, 0.1) is 5.82 Å². The van der Waals surface area contributed by atoms with Crippen molar-refractivity contribution in [3.63, 3.8) is 0 Å². The molecule has 1 aliphatic rings. The highest BCUT2D eigenvalue weighted by Crippen LogP contribution is 2.28. The van der Waals surface area contributed by atoms with Gasteiger partial charge in [0, 0.05) is 43.4 Å². The molecule has 2 rings (SSSR count). The van der Waals surface area contributed by atoms with Crippen LogP contribution in [0.15, 0.2) is 18.2 Å². The maximum atomic E-state index is 13.4. The van der Waals surface area contributed by atoms with Crippen LogP contribution < -0.4 is 10.6 Å². The first-order chi connectivity index (χ1) is 9.29. The fraction of sp³-hybridized carbons (Fsp3) is 0.625. The molecule has 4 heteroatoms. The standard InChI is InChI=1S/C16H26FN3/c1-12(18)14-11-13(17)5-6-15(14)19-7-9-20(10-8-19)16(2,3)4/h5-6,11-12H,7-10,18H2,1-4H3/t12-/m0/s1. The number of piperazine rings is 1. The van der Waals surface area contributed by atoms with Crippen LogP contribution >= 0.6 is 0 Å². The van der Waals surface area contributed by atoms with Gasteiger partial charge in [0.15, 0.2) is 0 Å². The molecule has 0 spiro atoms. The van der Waals surface area contributed by atoms with Crippen molar-refractivity contribution in [2.75, 3.05) is 31.1 Å². The van der Waals surface area contributed by atoms with Gasteiger partial charge in [0.25, 0.3) is 0 Å². The van der Waals surface area contributed by atoms with Crippen molar-refractivity contribution >= 4 is 5.69 Å². The number of hydrogen-bond acceptors (Lipinski definition) is 3. The van der Waals surface area contributed by atoms with Crippen LogP contribution in [0.5, 0.6) is 0 Å². The van der Waals surface area contributed by atoms with E-state index < -0.39 is 0 Å². The van der Waals surface area contributed by atoms with Gasteiger partial charge < -0.3 is 10.6 Å². The number of benzene rings is 1. The SMILES string of the molecule is C[C@H](N)c1cc(F)ccc1N1CCN(C(C)(C)C)CC1. The normalized spacial score (nSPS) is 19.2. The highest BCUT2D eigenvalue weighted by Gasteiger charge is 2.27. The van der Waals surface area contributed by atoms with Crippen LogP contribution in [0.3, 0.4) is 0 Å². The monoisotopic (exact) mass is 279 g/mol. The number of anilines is 1. The molecule has 1 saturated heterocycles. The summed E-state index contributed by atoms with van der Waals surface area (Å²) in [5, 5.41) is 0. The van der Waals surface area contributed by atoms with Crippen molar-refractivity contribution in [2.24, 2.45) is 5.73 Å². The van der Waals surface area contributed by atoms with E-state index in [0.717, 1.165) is 37.4 Å². The Balaban J connectivity index is 2.15. The Morgan fingerprint density at radius 3 is 2.25 bits per heavy atom. The van der Waals surface area contributed by atoms with Crippen molar-refractivity contribution in [3.8, 4) is 0 Å². The molecule has 0 amide bonds. The molecule has 20 heavy (non-hydrogen) atoms. The fourth-order valence-corrected chi connectivity index (χ4v) is 2.80. The van der Waals surface area contributed by atoms with Gasteiger partial charge in [-0.1, -0.05) is 0 Å². The topological polar surface area (TPSA) is 32.5 Å². The molecule has 0 bridgehead atoms. The number of hydrogen-bond donors (Lipinski definition) is 1. The molecule has 1 aliphatic heterocycles. The van der Waals surface area contributed by atoms with E-state index in [-0.39, 0.29) is 17.4 Å². The molecule has 1 fully saturated rings. The average molecular weight is 279 g/mol. The Hall–Kier alpha value is -1.13. The lowest BCUT2D eigenvalue weighted by molar-refractivity contribution is 0.128. The largest absolute Gasteiger partial charge is 0.369 e. The lowest BCUT2D eigenvalue weighted by atomic mass is 10.0. The second-order valence-corrected chi connectivity index (χ2v) is 6.64. The van der Waals surface area contributed by atoms with Gasteiger partial charge in [0.1, 0.15) is 5.82 Å². The molecule has 1 aromatic carbocycles. The summed E-state index contributed by atoms with van der Waals surface area (Å²) in [5.74, 6) is -0.214. The molecule has 0 radical (unpaired) electrons. The first-order valence-electron chi connectivity index (χ1n) is 7.34. The van der Waals surface area contributed by atoms with Crippen molar-refractivity contribution in [2.45, 2.75) is 39.3 Å². The summed E-state index contributed by atoms with van der Waals surface area (Å²) < 4.78 is 13.4. The predicted octanol–water partition coefficient (Wildman–Crippen LogP) is 2.77. The Morgan fingerprint density at radius 2 is 1.75 bits per heavy atom. The maximum absolute atomic E-state index is 13.4. The van der Waals surface area contributed by atoms with Crippen LogP contribution in [-0.2, 0) is 0 Å². The van der Waals surface area contributed by atoms with Gasteiger partial charge >= 0.3 is 0 Å². The summed E-state index contributed by atoms with van der Waals surface area (Å²) in [6, 6.07) is 4.80. The zero-order chi connectivity index (χ0) is 14.9. The number of halogens is 1. The minimum absolute atomic E-state index is 0.152. The second-order valence-electron chi connectivity index (χ2n) is 6.64. The van der Waals surface area contributed by atoms with Crippen LogP contribution in [0.2, 0.25) is 0 Å². The molecular formula is C16H26FN3. The van der Waals surface area contributed by atoms with Crippen molar-refractivity contribution in [1.29, 1.82) is 0 Å². The Kier molecular flexibility index (Phi) is 4.35. The van der Waals surface area contributed by atoms with E-state index in [1.165, 1.54) is 6.07 Å². The molecule has 0 unspecified atom stereocenters. The van der Waals surface area contributed by atoms with E-state index >= 15 is 0 Å². The van der Waals surface area contributed by atoms with E-state index in [4.69, 9.17) is 5.73 Å². The van der Waals surface area contributed by atoms with E-state index in [1.807, 2.05) is 13.0 Å². The second kappa shape index (κ2) is 5.70. The highest BCUT2D eigenvalue weighted by atomic mass is 19.1. The van der Waals surface area contributed by atoms with Crippen LogP contribution in [-0.4, -0.2) is 36.6 Å². The highest BCUT2D eigenvalue weighted by molar-refractivity contribution is 5.55. The summed E-state index contributed by atoms with van der Waals surface area (Å²) in [6.07, 6.45) is 0. The van der Waals surface area contributed by atoms with Gasteiger partial charge in [0.2, 0.25) is 0 Å². The first kappa shape index (κ1) is 15.3. The van der Waals surface area contributed by atoms with E-state index in [1.54, 1.807) is 6.07 Å². The number of nitrogens with two attached hydrogens (primary N) is 1. The summed E-state index contributed by atoms with van der Waals surface area (Å²) in [5.41, 5.74) is 8.17. The van der Waals surface area contributed by atoms with Gasteiger partial charge in [-0.3, -0.25) is 4.90 Å². The molecule has 0 saturated carbocycles. The third kappa shape index (κ3) is 3.30. The molecule has 2 N–H and O–H groups in total. The molecule has 0 aliphatic carbocycles. The number of rotatable bonds is 2. The van der Waals surface area contributed by atoms with Gasteiger partial charge in [0.05, 0.1) is 0 Å². The molecule has 112 valence electrons. The number of nitrogens with zero attached hydrogens (tertiary/aromatic N) is 2. The van der Waals surface area contributed by atoms with Gasteiger partial charge in [-0.05, 0) is 51.5 Å². The van der Waals surface area contributed by atoms with Gasteiger partial charge in [-0.25, -0.2) is 4.39 Å². The lowest BCUT2D eigenvalue weighted by Gasteiger charge is -2.43. The van der Waals surface area contributed by atoms with Gasteiger partial charge in [-0.2, -0.15) is 0 Å². The molecule has 0 aromatic heterocycles.